The molecule has 0 aliphatic carbocycles. The van der Waals surface area contributed by atoms with Gasteiger partial charge in [-0.15, -0.1) is 0 Å². The normalized spacial score (nSPS) is 13.2. The first kappa shape index (κ1) is 38.8. The van der Waals surface area contributed by atoms with E-state index in [9.17, 15) is 36.2 Å². The monoisotopic (exact) mass is 668 g/mol. The molecule has 0 amide bonds. The van der Waals surface area contributed by atoms with E-state index < -0.39 is 30.3 Å². The molecule has 1 fully saturated rings. The summed E-state index contributed by atoms with van der Waals surface area (Å²) in [5.74, 6) is -4.79. The first-order valence-electron chi connectivity index (χ1n) is 12.9. The van der Waals surface area contributed by atoms with Crippen molar-refractivity contribution in [2.45, 2.75) is 38.2 Å². The zero-order valence-electron chi connectivity index (χ0n) is 23.9. The molecular weight excluding hydrogens is 638 g/mol. The highest BCUT2D eigenvalue weighted by atomic mass is 19.4. The van der Waals surface area contributed by atoms with Gasteiger partial charge in [0.15, 0.2) is 11.5 Å². The molecule has 46 heavy (non-hydrogen) atoms. The van der Waals surface area contributed by atoms with E-state index >= 15 is 0 Å². The third-order valence-electron chi connectivity index (χ3n) is 5.64. The number of rotatable bonds is 8. The van der Waals surface area contributed by atoms with E-state index in [1.165, 1.54) is 18.2 Å². The highest BCUT2D eigenvalue weighted by molar-refractivity contribution is 5.95. The number of alkyl halides is 6. The number of halogens is 6. The maximum absolute atomic E-state index is 12.2. The Labute approximate surface area is 257 Å². The lowest BCUT2D eigenvalue weighted by molar-refractivity contribution is -0.193. The van der Waals surface area contributed by atoms with E-state index in [4.69, 9.17) is 50.6 Å². The molecule has 0 saturated carbocycles. The number of hydrogen-bond donors (Lipinski definition) is 6. The number of carbonyl (C=O) groups excluding carboxylic acids is 1. The molecule has 0 aromatic heterocycles. The van der Waals surface area contributed by atoms with Crippen LogP contribution in [0.4, 0.5) is 26.3 Å². The first-order valence-corrected chi connectivity index (χ1v) is 12.9. The highest BCUT2D eigenvalue weighted by Crippen LogP contribution is 2.26. The molecule has 1 saturated heterocycles. The average molecular weight is 669 g/mol. The van der Waals surface area contributed by atoms with E-state index in [1.807, 2.05) is 4.90 Å². The van der Waals surface area contributed by atoms with Crippen LogP contribution in [0.3, 0.4) is 0 Å². The number of nitrogens with two attached hydrogens (primary N) is 1. The maximum Gasteiger partial charge on any atom is 0.490 e. The van der Waals surface area contributed by atoms with E-state index in [-0.39, 0.29) is 36.7 Å². The molecule has 1 aliphatic heterocycles. The number of piperidine rings is 1. The van der Waals surface area contributed by atoms with Gasteiger partial charge in [-0.3, -0.25) is 10.8 Å². The minimum absolute atomic E-state index is 0.00810. The summed E-state index contributed by atoms with van der Waals surface area (Å²) in [5.41, 5.74) is 6.25. The number of carboxylic acid groups (broad SMARTS) is 2. The number of nitrogens with zero attached hydrogens (tertiary/aromatic N) is 1. The van der Waals surface area contributed by atoms with Gasteiger partial charge in [0.1, 0.15) is 30.9 Å². The summed E-state index contributed by atoms with van der Waals surface area (Å²) in [6.45, 7) is 3.44. The Kier molecular flexibility index (Phi) is 14.6. The largest absolute Gasteiger partial charge is 0.504 e. The Morgan fingerprint density at radius 3 is 1.80 bits per heavy atom. The van der Waals surface area contributed by atoms with Crippen molar-refractivity contribution in [3.05, 3.63) is 53.6 Å². The summed E-state index contributed by atoms with van der Waals surface area (Å²) in [6.07, 6.45) is -8.37. The number of carboxylic acids is 2. The summed E-state index contributed by atoms with van der Waals surface area (Å²) in [6, 6.07) is 11.1. The van der Waals surface area contributed by atoms with Crippen LogP contribution in [0.5, 0.6) is 17.2 Å². The van der Waals surface area contributed by atoms with E-state index in [2.05, 4.69) is 0 Å². The van der Waals surface area contributed by atoms with Crippen molar-refractivity contribution in [3.63, 3.8) is 0 Å². The summed E-state index contributed by atoms with van der Waals surface area (Å²) in [7, 11) is 0. The molecule has 0 radical (unpaired) electrons. The van der Waals surface area contributed by atoms with Gasteiger partial charge < -0.3 is 40.2 Å². The first-order chi connectivity index (χ1) is 21.2. The number of nitrogens with one attached hydrogen (secondary N) is 2. The van der Waals surface area contributed by atoms with Crippen molar-refractivity contribution in [1.29, 1.82) is 10.8 Å². The highest BCUT2D eigenvalue weighted by Gasteiger charge is 2.38. The fraction of sp³-hybridized carbons (Fsp3) is 0.370. The third kappa shape index (κ3) is 14.0. The van der Waals surface area contributed by atoms with E-state index in [0.717, 1.165) is 25.9 Å². The molecule has 1 heterocycles. The predicted molar refractivity (Wildman–Crippen MR) is 147 cm³/mol. The maximum atomic E-state index is 12.2. The number of carbonyl (C=O) groups is 3. The Morgan fingerprint density at radius 2 is 1.37 bits per heavy atom. The van der Waals surface area contributed by atoms with Crippen LogP contribution in [0.1, 0.15) is 35.7 Å². The SMILES string of the molecule is CC(=N)N1CCC(Oc2ccc(C(=O)OCCOc3cc(C(=N)N)ccc3O)cc2)CC1.O=C(O)C(F)(F)F.O=C(O)C(F)(F)F. The van der Waals surface area contributed by atoms with Crippen LogP contribution >= 0.6 is 0 Å². The van der Waals surface area contributed by atoms with Gasteiger partial charge in [0.25, 0.3) is 0 Å². The minimum atomic E-state index is -5.08. The van der Waals surface area contributed by atoms with Gasteiger partial charge in [0.2, 0.25) is 0 Å². The Morgan fingerprint density at radius 1 is 0.891 bits per heavy atom. The van der Waals surface area contributed by atoms with Crippen LogP contribution in [-0.2, 0) is 14.3 Å². The summed E-state index contributed by atoms with van der Waals surface area (Å²) < 4.78 is 80.1. The molecular formula is C27H30F6N4O9. The number of phenols is 1. The fourth-order valence-corrected chi connectivity index (χ4v) is 3.34. The summed E-state index contributed by atoms with van der Waals surface area (Å²) in [4.78, 5) is 32.1. The van der Waals surface area contributed by atoms with Crippen LogP contribution in [0, 0.1) is 10.8 Å². The van der Waals surface area contributed by atoms with Gasteiger partial charge in [-0.1, -0.05) is 0 Å². The number of aromatic hydroxyl groups is 1. The lowest BCUT2D eigenvalue weighted by Gasteiger charge is -2.32. The smallest absolute Gasteiger partial charge is 0.490 e. The second-order valence-corrected chi connectivity index (χ2v) is 9.10. The van der Waals surface area contributed by atoms with Gasteiger partial charge in [-0.25, -0.2) is 14.4 Å². The molecule has 2 aromatic carbocycles. The molecule has 254 valence electrons. The topological polar surface area (TPSA) is 217 Å². The predicted octanol–water partition coefficient (Wildman–Crippen LogP) is 4.02. The van der Waals surface area contributed by atoms with E-state index in [0.29, 0.717) is 22.7 Å². The molecule has 7 N–H and O–H groups in total. The minimum Gasteiger partial charge on any atom is -0.504 e. The third-order valence-corrected chi connectivity index (χ3v) is 5.64. The van der Waals surface area contributed by atoms with Crippen molar-refractivity contribution in [1.82, 2.24) is 4.90 Å². The van der Waals surface area contributed by atoms with Crippen LogP contribution in [0.25, 0.3) is 0 Å². The molecule has 13 nitrogen and oxygen atoms in total. The zero-order chi connectivity index (χ0) is 35.2. The van der Waals surface area contributed by atoms with Crippen LogP contribution in [-0.4, -0.2) is 94.6 Å². The van der Waals surface area contributed by atoms with Gasteiger partial charge in [0.05, 0.1) is 11.4 Å². The lowest BCUT2D eigenvalue weighted by Crippen LogP contribution is -2.40. The van der Waals surface area contributed by atoms with E-state index in [1.54, 1.807) is 31.2 Å². The number of nitrogen functional groups attached to an aromatic ring is 1. The number of phenolic OH excluding ortho intramolecular Hbond substituents is 1. The molecule has 0 bridgehead atoms. The number of esters is 1. The number of ether oxygens (including phenoxy) is 3. The summed E-state index contributed by atoms with van der Waals surface area (Å²) >= 11 is 0. The van der Waals surface area contributed by atoms with Crippen molar-refractivity contribution < 1.29 is 70.3 Å². The Bertz CT molecular complexity index is 1340. The van der Waals surface area contributed by atoms with Gasteiger partial charge in [-0.2, -0.15) is 26.3 Å². The Hall–Kier alpha value is -5.23. The van der Waals surface area contributed by atoms with Crippen molar-refractivity contribution in [2.24, 2.45) is 5.73 Å². The number of likely N-dealkylation sites (tertiary alicyclic amines) is 1. The number of benzene rings is 2. The molecule has 0 atom stereocenters. The number of hydrogen-bond acceptors (Lipinski definition) is 9. The molecule has 1 aliphatic rings. The van der Waals surface area contributed by atoms with Crippen LogP contribution in [0.15, 0.2) is 42.5 Å². The summed E-state index contributed by atoms with van der Waals surface area (Å²) in [5, 5.41) is 39.2. The van der Waals surface area contributed by atoms with Crippen molar-refractivity contribution in [2.75, 3.05) is 26.3 Å². The molecule has 3 rings (SSSR count). The number of aliphatic carboxylic acids is 2. The molecule has 0 unspecified atom stereocenters. The molecule has 2 aromatic rings. The van der Waals surface area contributed by atoms with Gasteiger partial charge >= 0.3 is 30.3 Å². The van der Waals surface area contributed by atoms with Crippen LogP contribution in [0.2, 0.25) is 0 Å². The zero-order valence-corrected chi connectivity index (χ0v) is 23.9. The second kappa shape index (κ2) is 17.3. The fourth-order valence-electron chi connectivity index (χ4n) is 3.34. The standard InChI is InChI=1S/C23H28N4O5.2C2HF3O2/c1-15(24)27-10-8-19(9-11-27)32-18-5-2-16(3-6-18)23(29)31-13-12-30-21-14-17(22(25)26)4-7-20(21)28;2*3-2(4,5)1(6)7/h2-7,14,19,24,28H,8-13H2,1H3,(H3,25,26);2*(H,6,7). The Balaban J connectivity index is 0.000000629. The molecule has 0 spiro atoms. The number of amidine groups is 2. The molecule has 19 heteroatoms. The van der Waals surface area contributed by atoms with Gasteiger partial charge in [0, 0.05) is 31.5 Å². The van der Waals surface area contributed by atoms with Crippen molar-refractivity contribution >= 4 is 29.6 Å². The van der Waals surface area contributed by atoms with Crippen LogP contribution < -0.4 is 15.2 Å². The lowest BCUT2D eigenvalue weighted by atomic mass is 10.1. The quantitative estimate of drug-likeness (QED) is 0.0776. The van der Waals surface area contributed by atoms with Gasteiger partial charge in [-0.05, 0) is 49.4 Å². The second-order valence-electron chi connectivity index (χ2n) is 9.10. The van der Waals surface area contributed by atoms with Crippen molar-refractivity contribution in [3.8, 4) is 17.2 Å². The average Bonchev–Trinajstić information content (AvgIpc) is 2.96.